The summed E-state index contributed by atoms with van der Waals surface area (Å²) in [5.74, 6) is 2.36. The van der Waals surface area contributed by atoms with E-state index in [-0.39, 0.29) is 6.10 Å². The predicted molar refractivity (Wildman–Crippen MR) is 77.2 cm³/mol. The third-order valence-electron chi connectivity index (χ3n) is 3.25. The van der Waals surface area contributed by atoms with Crippen molar-refractivity contribution in [2.75, 3.05) is 5.32 Å². The average Bonchev–Trinajstić information content (AvgIpc) is 2.32. The van der Waals surface area contributed by atoms with E-state index in [9.17, 15) is 0 Å². The van der Waals surface area contributed by atoms with Crippen LogP contribution in [0.3, 0.4) is 0 Å². The Morgan fingerprint density at radius 1 is 1.22 bits per heavy atom. The Bertz CT molecular complexity index is 348. The van der Waals surface area contributed by atoms with Crippen molar-refractivity contribution in [2.45, 2.75) is 59.6 Å². The summed E-state index contributed by atoms with van der Waals surface area (Å²) in [7, 11) is 0. The van der Waals surface area contributed by atoms with Crippen molar-refractivity contribution in [1.82, 2.24) is 4.98 Å². The second kappa shape index (κ2) is 7.24. The lowest BCUT2D eigenvalue weighted by molar-refractivity contribution is 0.242. The molecule has 0 aromatic carbocycles. The van der Waals surface area contributed by atoms with Gasteiger partial charge in [-0.25, -0.2) is 4.98 Å². The van der Waals surface area contributed by atoms with E-state index in [0.29, 0.717) is 12.0 Å². The molecule has 0 saturated carbocycles. The second-order valence-corrected chi connectivity index (χ2v) is 5.03. The van der Waals surface area contributed by atoms with Crippen LogP contribution in [0.1, 0.15) is 47.5 Å². The fourth-order valence-electron chi connectivity index (χ4n) is 2.18. The molecule has 18 heavy (non-hydrogen) atoms. The normalized spacial score (nSPS) is 12.8. The summed E-state index contributed by atoms with van der Waals surface area (Å²) < 4.78 is 5.77. The highest BCUT2D eigenvalue weighted by molar-refractivity contribution is 5.50. The number of rotatable bonds is 7. The van der Waals surface area contributed by atoms with E-state index in [1.807, 2.05) is 26.0 Å². The van der Waals surface area contributed by atoms with Crippen molar-refractivity contribution in [3.8, 4) is 5.75 Å². The van der Waals surface area contributed by atoms with Crippen LogP contribution in [0.2, 0.25) is 0 Å². The van der Waals surface area contributed by atoms with Gasteiger partial charge in [0.25, 0.3) is 0 Å². The van der Waals surface area contributed by atoms with Crippen molar-refractivity contribution in [3.63, 3.8) is 0 Å². The Kier molecular flexibility index (Phi) is 5.96. The van der Waals surface area contributed by atoms with Crippen molar-refractivity contribution < 1.29 is 4.74 Å². The van der Waals surface area contributed by atoms with Gasteiger partial charge in [0.1, 0.15) is 0 Å². The predicted octanol–water partition coefficient (Wildman–Crippen LogP) is 4.11. The molecule has 1 heterocycles. The molecule has 0 fully saturated rings. The number of ether oxygens (including phenoxy) is 1. The van der Waals surface area contributed by atoms with E-state index in [0.717, 1.165) is 11.6 Å². The smallest absolute Gasteiger partial charge is 0.168 e. The molecular formula is C15H26N2O. The van der Waals surface area contributed by atoms with Gasteiger partial charge in [0.05, 0.1) is 6.10 Å². The van der Waals surface area contributed by atoms with Crippen molar-refractivity contribution >= 4 is 5.82 Å². The van der Waals surface area contributed by atoms with Gasteiger partial charge in [0.15, 0.2) is 11.6 Å². The van der Waals surface area contributed by atoms with Crippen molar-refractivity contribution in [2.24, 2.45) is 5.92 Å². The first-order valence-electron chi connectivity index (χ1n) is 6.96. The summed E-state index contributed by atoms with van der Waals surface area (Å²) in [5.41, 5.74) is 0. The molecule has 0 aliphatic heterocycles. The zero-order chi connectivity index (χ0) is 13.5. The fraction of sp³-hybridized carbons (Fsp3) is 0.667. The van der Waals surface area contributed by atoms with Gasteiger partial charge >= 0.3 is 0 Å². The van der Waals surface area contributed by atoms with Gasteiger partial charge in [0.2, 0.25) is 0 Å². The van der Waals surface area contributed by atoms with E-state index in [2.05, 4.69) is 31.1 Å². The topological polar surface area (TPSA) is 34.2 Å². The van der Waals surface area contributed by atoms with Gasteiger partial charge < -0.3 is 10.1 Å². The molecule has 0 aliphatic carbocycles. The lowest BCUT2D eigenvalue weighted by atomic mass is 9.95. The summed E-state index contributed by atoms with van der Waals surface area (Å²) >= 11 is 0. The number of nitrogens with zero attached hydrogens (tertiary/aromatic N) is 1. The van der Waals surface area contributed by atoms with Gasteiger partial charge in [-0.15, -0.1) is 0 Å². The summed E-state index contributed by atoms with van der Waals surface area (Å²) in [6, 6.07) is 4.28. The molecule has 1 aromatic heterocycles. The van der Waals surface area contributed by atoms with E-state index in [1.165, 1.54) is 12.8 Å². The minimum atomic E-state index is 0.165. The van der Waals surface area contributed by atoms with Crippen LogP contribution < -0.4 is 10.1 Å². The quantitative estimate of drug-likeness (QED) is 0.791. The molecular weight excluding hydrogens is 224 g/mol. The van der Waals surface area contributed by atoms with Crippen LogP contribution in [-0.2, 0) is 0 Å². The maximum atomic E-state index is 5.77. The molecule has 1 rings (SSSR count). The van der Waals surface area contributed by atoms with Gasteiger partial charge in [-0.3, -0.25) is 0 Å². The average molecular weight is 250 g/mol. The molecule has 0 aliphatic rings. The molecule has 3 nitrogen and oxygen atoms in total. The van der Waals surface area contributed by atoms with E-state index in [4.69, 9.17) is 4.74 Å². The summed E-state index contributed by atoms with van der Waals surface area (Å²) in [6.45, 7) is 10.7. The third kappa shape index (κ3) is 4.21. The van der Waals surface area contributed by atoms with Crippen molar-refractivity contribution in [3.05, 3.63) is 18.3 Å². The molecule has 3 heteroatoms. The molecule has 0 radical (unpaired) electrons. The fourth-order valence-corrected chi connectivity index (χ4v) is 2.18. The highest BCUT2D eigenvalue weighted by Gasteiger charge is 2.16. The molecule has 0 saturated heterocycles. The number of anilines is 1. The molecule has 0 amide bonds. The maximum absolute atomic E-state index is 5.77. The molecule has 102 valence electrons. The molecule has 1 N–H and O–H groups in total. The Hall–Kier alpha value is -1.25. The van der Waals surface area contributed by atoms with Crippen LogP contribution in [-0.4, -0.2) is 17.1 Å². The minimum Gasteiger partial charge on any atom is -0.487 e. The van der Waals surface area contributed by atoms with Gasteiger partial charge in [-0.2, -0.15) is 0 Å². The first kappa shape index (κ1) is 14.8. The van der Waals surface area contributed by atoms with Crippen LogP contribution in [0.4, 0.5) is 5.82 Å². The van der Waals surface area contributed by atoms with E-state index < -0.39 is 0 Å². The zero-order valence-corrected chi connectivity index (χ0v) is 12.2. The van der Waals surface area contributed by atoms with Crippen LogP contribution in [0, 0.1) is 5.92 Å². The highest BCUT2D eigenvalue weighted by Crippen LogP contribution is 2.25. The second-order valence-electron chi connectivity index (χ2n) is 5.03. The summed E-state index contributed by atoms with van der Waals surface area (Å²) in [5, 5.41) is 3.48. The van der Waals surface area contributed by atoms with Crippen LogP contribution in [0.25, 0.3) is 0 Å². The van der Waals surface area contributed by atoms with Gasteiger partial charge in [-0.05, 0) is 38.8 Å². The molecule has 0 spiro atoms. The van der Waals surface area contributed by atoms with Gasteiger partial charge in [0, 0.05) is 12.2 Å². The Morgan fingerprint density at radius 2 is 1.89 bits per heavy atom. The minimum absolute atomic E-state index is 0.165. The van der Waals surface area contributed by atoms with Crippen LogP contribution >= 0.6 is 0 Å². The molecule has 1 aromatic rings. The van der Waals surface area contributed by atoms with Gasteiger partial charge in [-0.1, -0.05) is 26.7 Å². The first-order chi connectivity index (χ1) is 8.58. The largest absolute Gasteiger partial charge is 0.487 e. The number of hydrogen-bond donors (Lipinski definition) is 1. The lowest BCUT2D eigenvalue weighted by Gasteiger charge is -2.24. The summed E-state index contributed by atoms with van der Waals surface area (Å²) in [4.78, 5) is 4.39. The lowest BCUT2D eigenvalue weighted by Crippen LogP contribution is -2.26. The first-order valence-corrected chi connectivity index (χ1v) is 6.96. The monoisotopic (exact) mass is 250 g/mol. The standard InChI is InChI=1S/C15H26N2O/c1-6-13(7-2)12(5)17-15-14(18-11(3)4)9-8-10-16-15/h8-13H,6-7H2,1-5H3,(H,16,17). The van der Waals surface area contributed by atoms with E-state index >= 15 is 0 Å². The third-order valence-corrected chi connectivity index (χ3v) is 3.25. The van der Waals surface area contributed by atoms with Crippen LogP contribution in [0.15, 0.2) is 18.3 Å². The summed E-state index contributed by atoms with van der Waals surface area (Å²) in [6.07, 6.45) is 4.32. The Morgan fingerprint density at radius 3 is 2.44 bits per heavy atom. The van der Waals surface area contributed by atoms with E-state index in [1.54, 1.807) is 6.20 Å². The molecule has 0 bridgehead atoms. The highest BCUT2D eigenvalue weighted by atomic mass is 16.5. The number of pyridine rings is 1. The molecule has 1 unspecified atom stereocenters. The van der Waals surface area contributed by atoms with Crippen molar-refractivity contribution in [1.29, 1.82) is 0 Å². The van der Waals surface area contributed by atoms with Crippen LogP contribution in [0.5, 0.6) is 5.75 Å². The maximum Gasteiger partial charge on any atom is 0.168 e. The SMILES string of the molecule is CCC(CC)C(C)Nc1ncccc1OC(C)C. The zero-order valence-electron chi connectivity index (χ0n) is 12.2. The number of nitrogens with one attached hydrogen (secondary N) is 1. The molecule has 1 atom stereocenters. The number of hydrogen-bond acceptors (Lipinski definition) is 3. The Labute approximate surface area is 111 Å². The Balaban J connectivity index is 2.77. The number of aromatic nitrogens is 1.